The lowest BCUT2D eigenvalue weighted by Crippen LogP contribution is -2.56. The van der Waals surface area contributed by atoms with Crippen LogP contribution in [0.2, 0.25) is 0 Å². The summed E-state index contributed by atoms with van der Waals surface area (Å²) >= 11 is 0. The minimum atomic E-state index is -0.108. The number of nitrogens with zero attached hydrogens (tertiary/aromatic N) is 5. The summed E-state index contributed by atoms with van der Waals surface area (Å²) in [5.41, 5.74) is 1.21. The number of ether oxygens (including phenoxy) is 1. The fourth-order valence-corrected chi connectivity index (χ4v) is 2.98. The molecule has 0 spiro atoms. The molecule has 1 amide bonds. The lowest BCUT2D eigenvalue weighted by atomic mass is 10.0. The SMILES string of the molecule is CN(CC(=O)NCC(C)(C)N1CCOCC1)c1ncnc2nc[nH]c12. The highest BCUT2D eigenvalue weighted by Crippen LogP contribution is 2.18. The van der Waals surface area contributed by atoms with Crippen LogP contribution in [0.4, 0.5) is 5.82 Å². The summed E-state index contributed by atoms with van der Waals surface area (Å²) < 4.78 is 5.39. The van der Waals surface area contributed by atoms with E-state index in [2.05, 4.69) is 44.0 Å². The summed E-state index contributed by atoms with van der Waals surface area (Å²) in [7, 11) is 1.83. The van der Waals surface area contributed by atoms with Crippen LogP contribution < -0.4 is 10.2 Å². The third-order valence-electron chi connectivity index (χ3n) is 4.53. The zero-order valence-electron chi connectivity index (χ0n) is 14.9. The molecule has 1 aliphatic rings. The Kier molecular flexibility index (Phi) is 5.14. The first kappa shape index (κ1) is 17.6. The molecule has 0 atom stereocenters. The van der Waals surface area contributed by atoms with Gasteiger partial charge in [-0.25, -0.2) is 15.0 Å². The first-order valence-corrected chi connectivity index (χ1v) is 8.42. The Labute approximate surface area is 146 Å². The second kappa shape index (κ2) is 7.32. The molecule has 1 saturated heterocycles. The predicted octanol–water partition coefficient (Wildman–Crippen LogP) is 0.0161. The fourth-order valence-electron chi connectivity index (χ4n) is 2.98. The number of carbonyl (C=O) groups excluding carboxylic acids is 1. The number of hydrogen-bond acceptors (Lipinski definition) is 7. The van der Waals surface area contributed by atoms with E-state index in [0.717, 1.165) is 31.8 Å². The minimum Gasteiger partial charge on any atom is -0.379 e. The quantitative estimate of drug-likeness (QED) is 0.760. The average Bonchev–Trinajstić information content (AvgIpc) is 3.09. The molecule has 0 aromatic carbocycles. The van der Waals surface area contributed by atoms with Crippen LogP contribution in [0.5, 0.6) is 0 Å². The Balaban J connectivity index is 1.56. The minimum absolute atomic E-state index is 0.0462. The highest BCUT2D eigenvalue weighted by molar-refractivity contribution is 5.87. The highest BCUT2D eigenvalue weighted by Gasteiger charge is 2.28. The van der Waals surface area contributed by atoms with Crippen molar-refractivity contribution < 1.29 is 9.53 Å². The number of amides is 1. The van der Waals surface area contributed by atoms with E-state index in [0.29, 0.717) is 18.0 Å². The number of anilines is 1. The van der Waals surface area contributed by atoms with Gasteiger partial charge in [0, 0.05) is 32.2 Å². The van der Waals surface area contributed by atoms with E-state index in [-0.39, 0.29) is 18.0 Å². The van der Waals surface area contributed by atoms with Crippen LogP contribution in [-0.2, 0) is 9.53 Å². The van der Waals surface area contributed by atoms with Gasteiger partial charge in [-0.3, -0.25) is 9.69 Å². The zero-order chi connectivity index (χ0) is 17.9. The molecule has 9 nitrogen and oxygen atoms in total. The van der Waals surface area contributed by atoms with Crippen molar-refractivity contribution in [2.45, 2.75) is 19.4 Å². The summed E-state index contributed by atoms with van der Waals surface area (Å²) in [5, 5.41) is 3.03. The number of imidazole rings is 1. The molecule has 0 aliphatic carbocycles. The van der Waals surface area contributed by atoms with Gasteiger partial charge in [0.1, 0.15) is 11.8 Å². The van der Waals surface area contributed by atoms with Crippen LogP contribution in [0.25, 0.3) is 11.2 Å². The molecule has 3 heterocycles. The summed E-state index contributed by atoms with van der Waals surface area (Å²) in [4.78, 5) is 32.0. The molecule has 2 aromatic rings. The third-order valence-corrected chi connectivity index (χ3v) is 4.53. The van der Waals surface area contributed by atoms with Crippen molar-refractivity contribution in [2.75, 3.05) is 51.3 Å². The van der Waals surface area contributed by atoms with Crippen LogP contribution in [0.1, 0.15) is 13.8 Å². The standard InChI is InChI=1S/C16H25N7O2/c1-16(2,23-4-6-25-7-5-23)9-17-12(24)8-22(3)15-13-14(19-10-18-13)20-11-21-15/h10-11H,4-9H2,1-3H3,(H,17,24)(H,18,19,20,21). The summed E-state index contributed by atoms with van der Waals surface area (Å²) in [6.45, 7) is 8.35. The van der Waals surface area contributed by atoms with Gasteiger partial charge in [0.05, 0.1) is 26.1 Å². The normalized spacial score (nSPS) is 16.1. The summed E-state index contributed by atoms with van der Waals surface area (Å²) in [5.74, 6) is 0.611. The predicted molar refractivity (Wildman–Crippen MR) is 94.4 cm³/mol. The largest absolute Gasteiger partial charge is 0.379 e. The average molecular weight is 347 g/mol. The molecule has 0 bridgehead atoms. The molecule has 3 rings (SSSR count). The van der Waals surface area contributed by atoms with Gasteiger partial charge in [-0.2, -0.15) is 0 Å². The van der Waals surface area contributed by atoms with E-state index >= 15 is 0 Å². The highest BCUT2D eigenvalue weighted by atomic mass is 16.5. The summed E-state index contributed by atoms with van der Waals surface area (Å²) in [6.07, 6.45) is 3.02. The second-order valence-electron chi connectivity index (χ2n) is 6.84. The lowest BCUT2D eigenvalue weighted by Gasteiger charge is -2.40. The van der Waals surface area contributed by atoms with Gasteiger partial charge in [0.25, 0.3) is 0 Å². The number of carbonyl (C=O) groups is 1. The smallest absolute Gasteiger partial charge is 0.239 e. The molecule has 1 aliphatic heterocycles. The topological polar surface area (TPSA) is 99.3 Å². The monoisotopic (exact) mass is 347 g/mol. The van der Waals surface area contributed by atoms with E-state index in [1.54, 1.807) is 11.2 Å². The fraction of sp³-hybridized carbons (Fsp3) is 0.625. The van der Waals surface area contributed by atoms with Crippen molar-refractivity contribution in [2.24, 2.45) is 0 Å². The molecule has 2 N–H and O–H groups in total. The number of hydrogen-bond donors (Lipinski definition) is 2. The van der Waals surface area contributed by atoms with Gasteiger partial charge in [0.2, 0.25) is 5.91 Å². The van der Waals surface area contributed by atoms with Crippen molar-refractivity contribution in [3.8, 4) is 0 Å². The van der Waals surface area contributed by atoms with Crippen molar-refractivity contribution >= 4 is 22.9 Å². The molecule has 0 saturated carbocycles. The van der Waals surface area contributed by atoms with Gasteiger partial charge in [-0.05, 0) is 13.8 Å². The first-order chi connectivity index (χ1) is 12.0. The zero-order valence-corrected chi connectivity index (χ0v) is 14.9. The number of likely N-dealkylation sites (N-methyl/N-ethyl adjacent to an activating group) is 1. The maximum Gasteiger partial charge on any atom is 0.239 e. The number of H-pyrrole nitrogens is 1. The molecule has 2 aromatic heterocycles. The van der Waals surface area contributed by atoms with Crippen molar-refractivity contribution in [3.05, 3.63) is 12.7 Å². The van der Waals surface area contributed by atoms with Gasteiger partial charge in [-0.1, -0.05) is 0 Å². The van der Waals surface area contributed by atoms with Gasteiger partial charge < -0.3 is 19.9 Å². The number of aromatic amines is 1. The maximum absolute atomic E-state index is 12.4. The van der Waals surface area contributed by atoms with Gasteiger partial charge in [-0.15, -0.1) is 0 Å². The Morgan fingerprint density at radius 2 is 2.12 bits per heavy atom. The number of aromatic nitrogens is 4. The second-order valence-corrected chi connectivity index (χ2v) is 6.84. The van der Waals surface area contributed by atoms with Crippen LogP contribution >= 0.6 is 0 Å². The molecule has 1 fully saturated rings. The van der Waals surface area contributed by atoms with E-state index < -0.39 is 0 Å². The van der Waals surface area contributed by atoms with E-state index in [4.69, 9.17) is 4.74 Å². The number of nitrogens with one attached hydrogen (secondary N) is 2. The van der Waals surface area contributed by atoms with Gasteiger partial charge in [0.15, 0.2) is 11.5 Å². The Bertz CT molecular complexity index is 724. The van der Waals surface area contributed by atoms with Crippen molar-refractivity contribution in [1.82, 2.24) is 30.2 Å². The van der Waals surface area contributed by atoms with Crippen LogP contribution in [0.3, 0.4) is 0 Å². The Morgan fingerprint density at radius 1 is 1.36 bits per heavy atom. The molecule has 25 heavy (non-hydrogen) atoms. The molecule has 9 heteroatoms. The molecule has 136 valence electrons. The van der Waals surface area contributed by atoms with Gasteiger partial charge >= 0.3 is 0 Å². The van der Waals surface area contributed by atoms with Crippen molar-refractivity contribution in [3.63, 3.8) is 0 Å². The summed E-state index contributed by atoms with van der Waals surface area (Å²) in [6, 6.07) is 0. The van der Waals surface area contributed by atoms with Crippen LogP contribution in [0, 0.1) is 0 Å². The molecular weight excluding hydrogens is 322 g/mol. The van der Waals surface area contributed by atoms with E-state index in [9.17, 15) is 4.79 Å². The lowest BCUT2D eigenvalue weighted by molar-refractivity contribution is -0.120. The van der Waals surface area contributed by atoms with E-state index in [1.807, 2.05) is 7.05 Å². The van der Waals surface area contributed by atoms with E-state index in [1.165, 1.54) is 6.33 Å². The number of fused-ring (bicyclic) bond motifs is 1. The van der Waals surface area contributed by atoms with Crippen LogP contribution in [0.15, 0.2) is 12.7 Å². The number of rotatable bonds is 6. The van der Waals surface area contributed by atoms with Crippen molar-refractivity contribution in [1.29, 1.82) is 0 Å². The Morgan fingerprint density at radius 3 is 2.88 bits per heavy atom. The molecule has 0 radical (unpaired) electrons. The van der Waals surface area contributed by atoms with Crippen LogP contribution in [-0.4, -0.2) is 82.7 Å². The molecular formula is C16H25N7O2. The third kappa shape index (κ3) is 4.05. The Hall–Kier alpha value is -2.26. The maximum atomic E-state index is 12.4. The first-order valence-electron chi connectivity index (χ1n) is 8.42. The molecule has 0 unspecified atom stereocenters. The number of morpholine rings is 1.